The maximum absolute atomic E-state index is 12.0. The van der Waals surface area contributed by atoms with Crippen molar-refractivity contribution in [3.63, 3.8) is 0 Å². The van der Waals surface area contributed by atoms with Gasteiger partial charge in [-0.25, -0.2) is 9.50 Å². The molecule has 0 spiro atoms. The van der Waals surface area contributed by atoms with Crippen molar-refractivity contribution < 1.29 is 9.53 Å². The molecule has 1 amide bonds. The summed E-state index contributed by atoms with van der Waals surface area (Å²) in [6, 6.07) is 1.90. The Hall–Kier alpha value is -2.02. The molecule has 0 saturated carbocycles. The number of nitrogens with one attached hydrogen (secondary N) is 1. The molecule has 0 radical (unpaired) electrons. The number of aryl methyl sites for hydroxylation is 2. The summed E-state index contributed by atoms with van der Waals surface area (Å²) in [5, 5.41) is 7.05. The van der Waals surface area contributed by atoms with Gasteiger partial charge in [0.25, 0.3) is 11.7 Å². The first-order valence-corrected chi connectivity index (χ1v) is 6.70. The monoisotopic (exact) mass is 275 g/mol. The van der Waals surface area contributed by atoms with Crippen LogP contribution in [0, 0.1) is 19.8 Å². The quantitative estimate of drug-likeness (QED) is 0.882. The fourth-order valence-corrected chi connectivity index (χ4v) is 2.32. The first-order valence-electron chi connectivity index (χ1n) is 6.70. The number of carbonyl (C=O) groups is 1. The highest BCUT2D eigenvalue weighted by Crippen LogP contribution is 2.11. The molecule has 1 fully saturated rings. The fraction of sp³-hybridized carbons (Fsp3) is 0.538. The van der Waals surface area contributed by atoms with E-state index < -0.39 is 0 Å². The van der Waals surface area contributed by atoms with Gasteiger partial charge in [-0.15, -0.1) is 5.10 Å². The van der Waals surface area contributed by atoms with Gasteiger partial charge in [0, 0.05) is 30.5 Å². The molecule has 1 unspecified atom stereocenters. The minimum absolute atomic E-state index is 0.158. The normalized spacial score (nSPS) is 18.6. The summed E-state index contributed by atoms with van der Waals surface area (Å²) in [6.07, 6.45) is 0.985. The molecule has 7 heteroatoms. The predicted octanol–water partition coefficient (Wildman–Crippen LogP) is 0.507. The zero-order chi connectivity index (χ0) is 14.1. The maximum atomic E-state index is 12.0. The van der Waals surface area contributed by atoms with Gasteiger partial charge >= 0.3 is 0 Å². The van der Waals surface area contributed by atoms with Crippen LogP contribution in [0.15, 0.2) is 6.07 Å². The Balaban J connectivity index is 1.75. The highest BCUT2D eigenvalue weighted by atomic mass is 16.5. The Morgan fingerprint density at radius 1 is 1.50 bits per heavy atom. The Kier molecular flexibility index (Phi) is 3.35. The summed E-state index contributed by atoms with van der Waals surface area (Å²) in [7, 11) is 0. The number of aromatic nitrogens is 4. The lowest BCUT2D eigenvalue weighted by atomic mass is 10.1. The number of ether oxygens (including phenoxy) is 1. The minimum Gasteiger partial charge on any atom is -0.381 e. The van der Waals surface area contributed by atoms with Crippen LogP contribution in [0.4, 0.5) is 0 Å². The lowest BCUT2D eigenvalue weighted by molar-refractivity contribution is 0.0935. The number of carbonyl (C=O) groups excluding carboxylic acids is 1. The van der Waals surface area contributed by atoms with Crippen molar-refractivity contribution in [3.05, 3.63) is 23.3 Å². The Morgan fingerprint density at radius 2 is 2.35 bits per heavy atom. The van der Waals surface area contributed by atoms with Gasteiger partial charge in [0.05, 0.1) is 6.61 Å². The van der Waals surface area contributed by atoms with Crippen LogP contribution in [0.5, 0.6) is 0 Å². The van der Waals surface area contributed by atoms with E-state index in [-0.39, 0.29) is 11.7 Å². The van der Waals surface area contributed by atoms with Crippen LogP contribution in [0.2, 0.25) is 0 Å². The van der Waals surface area contributed by atoms with E-state index in [9.17, 15) is 4.79 Å². The molecule has 1 aliphatic rings. The third-order valence-electron chi connectivity index (χ3n) is 3.40. The van der Waals surface area contributed by atoms with Gasteiger partial charge in [-0.05, 0) is 26.3 Å². The first kappa shape index (κ1) is 13.0. The van der Waals surface area contributed by atoms with Gasteiger partial charge in [-0.1, -0.05) is 0 Å². The van der Waals surface area contributed by atoms with E-state index in [0.29, 0.717) is 24.8 Å². The van der Waals surface area contributed by atoms with E-state index in [4.69, 9.17) is 4.74 Å². The van der Waals surface area contributed by atoms with E-state index in [1.54, 1.807) is 4.52 Å². The zero-order valence-corrected chi connectivity index (χ0v) is 11.6. The summed E-state index contributed by atoms with van der Waals surface area (Å²) in [5.41, 5.74) is 1.76. The highest BCUT2D eigenvalue weighted by Gasteiger charge is 2.19. The number of amides is 1. The standard InChI is InChI=1S/C13H17N5O2/c1-8-5-9(2)18-13(15-8)16-11(17-18)12(19)14-6-10-3-4-20-7-10/h5,10H,3-4,6-7H2,1-2H3,(H,14,19). The van der Waals surface area contributed by atoms with Gasteiger partial charge in [-0.3, -0.25) is 4.79 Å². The summed E-state index contributed by atoms with van der Waals surface area (Å²) in [5.74, 6) is 0.736. The molecule has 1 N–H and O–H groups in total. The molecule has 2 aromatic heterocycles. The molecule has 0 bridgehead atoms. The Morgan fingerprint density at radius 3 is 3.10 bits per heavy atom. The topological polar surface area (TPSA) is 81.4 Å². The fourth-order valence-electron chi connectivity index (χ4n) is 2.32. The molecule has 20 heavy (non-hydrogen) atoms. The molecule has 1 aliphatic heterocycles. The number of fused-ring (bicyclic) bond motifs is 1. The van der Waals surface area contributed by atoms with E-state index in [1.807, 2.05) is 19.9 Å². The number of rotatable bonds is 3. The molecule has 1 saturated heterocycles. The molecule has 106 valence electrons. The van der Waals surface area contributed by atoms with E-state index in [0.717, 1.165) is 24.4 Å². The summed E-state index contributed by atoms with van der Waals surface area (Å²) in [4.78, 5) is 20.5. The average molecular weight is 275 g/mol. The van der Waals surface area contributed by atoms with Crippen molar-refractivity contribution in [2.75, 3.05) is 19.8 Å². The smallest absolute Gasteiger partial charge is 0.291 e. The van der Waals surface area contributed by atoms with E-state index >= 15 is 0 Å². The lowest BCUT2D eigenvalue weighted by Gasteiger charge is -2.07. The Bertz CT molecular complexity index is 645. The van der Waals surface area contributed by atoms with Crippen molar-refractivity contribution >= 4 is 11.7 Å². The van der Waals surface area contributed by atoms with Crippen LogP contribution in [0.25, 0.3) is 5.78 Å². The van der Waals surface area contributed by atoms with Gasteiger partial charge in [0.2, 0.25) is 5.82 Å². The van der Waals surface area contributed by atoms with Crippen LogP contribution in [-0.4, -0.2) is 45.2 Å². The number of hydrogen-bond acceptors (Lipinski definition) is 5. The van der Waals surface area contributed by atoms with Gasteiger partial charge in [0.15, 0.2) is 0 Å². The van der Waals surface area contributed by atoms with E-state index in [2.05, 4.69) is 20.4 Å². The second kappa shape index (κ2) is 5.16. The maximum Gasteiger partial charge on any atom is 0.291 e. The van der Waals surface area contributed by atoms with Crippen LogP contribution >= 0.6 is 0 Å². The molecular weight excluding hydrogens is 258 g/mol. The van der Waals surface area contributed by atoms with Gasteiger partial charge in [0.1, 0.15) is 0 Å². The third-order valence-corrected chi connectivity index (χ3v) is 3.40. The average Bonchev–Trinajstić information content (AvgIpc) is 3.04. The van der Waals surface area contributed by atoms with Crippen molar-refractivity contribution in [1.29, 1.82) is 0 Å². The molecule has 3 rings (SSSR count). The van der Waals surface area contributed by atoms with Crippen LogP contribution in [-0.2, 0) is 4.74 Å². The van der Waals surface area contributed by atoms with E-state index in [1.165, 1.54) is 0 Å². The molecule has 0 aromatic carbocycles. The first-order chi connectivity index (χ1) is 9.63. The molecular formula is C13H17N5O2. The van der Waals surface area contributed by atoms with Crippen molar-refractivity contribution in [3.8, 4) is 0 Å². The number of nitrogens with zero attached hydrogens (tertiary/aromatic N) is 4. The van der Waals surface area contributed by atoms with Crippen LogP contribution < -0.4 is 5.32 Å². The second-order valence-corrected chi connectivity index (χ2v) is 5.13. The van der Waals surface area contributed by atoms with Crippen LogP contribution in [0.3, 0.4) is 0 Å². The molecule has 0 aliphatic carbocycles. The van der Waals surface area contributed by atoms with Crippen molar-refractivity contribution in [2.24, 2.45) is 5.92 Å². The lowest BCUT2D eigenvalue weighted by Crippen LogP contribution is -2.30. The summed E-state index contributed by atoms with van der Waals surface area (Å²) in [6.45, 7) is 5.88. The molecule has 7 nitrogen and oxygen atoms in total. The summed E-state index contributed by atoms with van der Waals surface area (Å²) >= 11 is 0. The van der Waals surface area contributed by atoms with Gasteiger partial charge in [-0.2, -0.15) is 4.98 Å². The summed E-state index contributed by atoms with van der Waals surface area (Å²) < 4.78 is 6.86. The largest absolute Gasteiger partial charge is 0.381 e. The SMILES string of the molecule is Cc1cc(C)n2nc(C(=O)NCC3CCOC3)nc2n1. The number of hydrogen-bond donors (Lipinski definition) is 1. The van der Waals surface area contributed by atoms with Crippen molar-refractivity contribution in [1.82, 2.24) is 24.9 Å². The Labute approximate surface area is 116 Å². The molecule has 3 heterocycles. The molecule has 1 atom stereocenters. The predicted molar refractivity (Wildman–Crippen MR) is 71.5 cm³/mol. The van der Waals surface area contributed by atoms with Gasteiger partial charge < -0.3 is 10.1 Å². The minimum atomic E-state index is -0.264. The van der Waals surface area contributed by atoms with Crippen molar-refractivity contribution in [2.45, 2.75) is 20.3 Å². The second-order valence-electron chi connectivity index (χ2n) is 5.13. The highest BCUT2D eigenvalue weighted by molar-refractivity contribution is 5.90. The zero-order valence-electron chi connectivity index (χ0n) is 11.6. The van der Waals surface area contributed by atoms with Crippen LogP contribution in [0.1, 0.15) is 28.4 Å². The third kappa shape index (κ3) is 2.49. The molecule has 2 aromatic rings.